The minimum Gasteiger partial charge on any atom is -0.396 e. The Bertz CT molecular complexity index is 162. The Morgan fingerprint density at radius 2 is 1.17 bits per heavy atom. The van der Waals surface area contributed by atoms with Crippen molar-refractivity contribution in [3.05, 3.63) is 0 Å². The average Bonchev–Trinajstić information content (AvgIpc) is 2.36. The summed E-state index contributed by atoms with van der Waals surface area (Å²) < 4.78 is 0. The van der Waals surface area contributed by atoms with Crippen LogP contribution in [0.15, 0.2) is 0 Å². The number of unbranched alkanes of at least 4 members (excludes halogenated alkanes) is 4. The van der Waals surface area contributed by atoms with Crippen LogP contribution in [-0.2, 0) is 0 Å². The van der Waals surface area contributed by atoms with E-state index in [0.29, 0.717) is 12.8 Å². The molecular formula is C15H32O3. The van der Waals surface area contributed by atoms with Crippen LogP contribution in [0.2, 0.25) is 0 Å². The van der Waals surface area contributed by atoms with Crippen molar-refractivity contribution in [1.82, 2.24) is 0 Å². The lowest BCUT2D eigenvalue weighted by molar-refractivity contribution is 0.117. The molecule has 110 valence electrons. The molecule has 0 radical (unpaired) electrons. The first-order valence-electron chi connectivity index (χ1n) is 7.67. The van der Waals surface area contributed by atoms with Crippen molar-refractivity contribution in [3.8, 4) is 0 Å². The second-order valence-corrected chi connectivity index (χ2v) is 5.31. The largest absolute Gasteiger partial charge is 0.396 e. The molecular weight excluding hydrogens is 228 g/mol. The standard InChI is InChI=1S/C15H32O3/c1-2-3-4-5-6-9-14(17)10-7-11-15(18)12-8-13-16/h14-18H,2-13H2,1H3. The molecule has 0 aliphatic rings. The van der Waals surface area contributed by atoms with Gasteiger partial charge in [-0.15, -0.1) is 0 Å². The van der Waals surface area contributed by atoms with E-state index in [4.69, 9.17) is 5.11 Å². The van der Waals surface area contributed by atoms with E-state index in [-0.39, 0.29) is 18.8 Å². The lowest BCUT2D eigenvalue weighted by Gasteiger charge is -2.12. The maximum atomic E-state index is 9.77. The molecule has 0 aromatic heterocycles. The van der Waals surface area contributed by atoms with Crippen LogP contribution in [0.3, 0.4) is 0 Å². The zero-order valence-electron chi connectivity index (χ0n) is 12.0. The summed E-state index contributed by atoms with van der Waals surface area (Å²) in [6.45, 7) is 2.36. The molecule has 0 saturated heterocycles. The van der Waals surface area contributed by atoms with Crippen LogP contribution < -0.4 is 0 Å². The van der Waals surface area contributed by atoms with Gasteiger partial charge >= 0.3 is 0 Å². The third kappa shape index (κ3) is 12.3. The van der Waals surface area contributed by atoms with Gasteiger partial charge in [-0.2, -0.15) is 0 Å². The summed E-state index contributed by atoms with van der Waals surface area (Å²) in [5.41, 5.74) is 0. The first kappa shape index (κ1) is 17.9. The Balaban J connectivity index is 3.28. The van der Waals surface area contributed by atoms with Crippen molar-refractivity contribution in [2.45, 2.75) is 89.8 Å². The van der Waals surface area contributed by atoms with Crippen LogP contribution in [-0.4, -0.2) is 34.1 Å². The highest BCUT2D eigenvalue weighted by Gasteiger charge is 2.07. The summed E-state index contributed by atoms with van der Waals surface area (Å²) in [5.74, 6) is 0. The average molecular weight is 260 g/mol. The summed E-state index contributed by atoms with van der Waals surface area (Å²) in [5, 5.41) is 28.0. The molecule has 0 aliphatic heterocycles. The smallest absolute Gasteiger partial charge is 0.0541 e. The number of aliphatic hydroxyl groups is 3. The van der Waals surface area contributed by atoms with E-state index in [9.17, 15) is 10.2 Å². The zero-order valence-corrected chi connectivity index (χ0v) is 12.0. The molecule has 0 heterocycles. The minimum atomic E-state index is -0.311. The van der Waals surface area contributed by atoms with Gasteiger partial charge in [-0.1, -0.05) is 39.0 Å². The van der Waals surface area contributed by atoms with Crippen molar-refractivity contribution in [2.75, 3.05) is 6.61 Å². The van der Waals surface area contributed by atoms with Crippen LogP contribution in [0, 0.1) is 0 Å². The third-order valence-electron chi connectivity index (χ3n) is 3.41. The Labute approximate surface area is 112 Å². The molecule has 0 saturated carbocycles. The van der Waals surface area contributed by atoms with E-state index < -0.39 is 0 Å². The summed E-state index contributed by atoms with van der Waals surface area (Å²) in [6, 6.07) is 0. The van der Waals surface area contributed by atoms with Gasteiger partial charge in [-0.25, -0.2) is 0 Å². The van der Waals surface area contributed by atoms with Gasteiger partial charge in [0.05, 0.1) is 12.2 Å². The summed E-state index contributed by atoms with van der Waals surface area (Å²) in [7, 11) is 0. The maximum Gasteiger partial charge on any atom is 0.0541 e. The quantitative estimate of drug-likeness (QED) is 0.446. The molecule has 0 rings (SSSR count). The maximum absolute atomic E-state index is 9.77. The SMILES string of the molecule is CCCCCCCC(O)CCCC(O)CCCO. The molecule has 3 N–H and O–H groups in total. The molecule has 0 aliphatic carbocycles. The second kappa shape index (κ2) is 13.3. The van der Waals surface area contributed by atoms with Gasteiger partial charge in [0, 0.05) is 6.61 Å². The van der Waals surface area contributed by atoms with Gasteiger partial charge in [0.25, 0.3) is 0 Å². The highest BCUT2D eigenvalue weighted by molar-refractivity contribution is 4.61. The van der Waals surface area contributed by atoms with Gasteiger partial charge in [-0.3, -0.25) is 0 Å². The topological polar surface area (TPSA) is 60.7 Å². The molecule has 3 nitrogen and oxygen atoms in total. The van der Waals surface area contributed by atoms with E-state index in [1.54, 1.807) is 0 Å². The van der Waals surface area contributed by atoms with Gasteiger partial charge in [0.15, 0.2) is 0 Å². The Morgan fingerprint density at radius 1 is 0.667 bits per heavy atom. The fraction of sp³-hybridized carbons (Fsp3) is 1.00. The molecule has 0 fully saturated rings. The van der Waals surface area contributed by atoms with Crippen LogP contribution in [0.1, 0.15) is 77.6 Å². The Kier molecular flexibility index (Phi) is 13.2. The van der Waals surface area contributed by atoms with Crippen LogP contribution >= 0.6 is 0 Å². The number of rotatable bonds is 13. The zero-order chi connectivity index (χ0) is 13.6. The van der Waals surface area contributed by atoms with Crippen molar-refractivity contribution < 1.29 is 15.3 Å². The van der Waals surface area contributed by atoms with E-state index in [1.165, 1.54) is 25.7 Å². The molecule has 0 amide bonds. The van der Waals surface area contributed by atoms with Crippen molar-refractivity contribution in [1.29, 1.82) is 0 Å². The lowest BCUT2D eigenvalue weighted by atomic mass is 10.0. The molecule has 18 heavy (non-hydrogen) atoms. The predicted molar refractivity (Wildman–Crippen MR) is 75.6 cm³/mol. The molecule has 2 unspecified atom stereocenters. The number of aliphatic hydroxyl groups excluding tert-OH is 3. The highest BCUT2D eigenvalue weighted by atomic mass is 16.3. The van der Waals surface area contributed by atoms with Gasteiger partial charge in [-0.05, 0) is 38.5 Å². The summed E-state index contributed by atoms with van der Waals surface area (Å²) >= 11 is 0. The van der Waals surface area contributed by atoms with Gasteiger partial charge in [0.1, 0.15) is 0 Å². The number of hydrogen-bond donors (Lipinski definition) is 3. The van der Waals surface area contributed by atoms with Gasteiger partial charge < -0.3 is 15.3 Å². The second-order valence-electron chi connectivity index (χ2n) is 5.31. The Hall–Kier alpha value is -0.120. The van der Waals surface area contributed by atoms with Crippen molar-refractivity contribution >= 4 is 0 Å². The van der Waals surface area contributed by atoms with Crippen LogP contribution in [0.5, 0.6) is 0 Å². The highest BCUT2D eigenvalue weighted by Crippen LogP contribution is 2.13. The minimum absolute atomic E-state index is 0.150. The summed E-state index contributed by atoms with van der Waals surface area (Å²) in [6.07, 6.45) is 10.3. The number of hydrogen-bond acceptors (Lipinski definition) is 3. The fourth-order valence-corrected chi connectivity index (χ4v) is 2.19. The Morgan fingerprint density at radius 3 is 1.72 bits per heavy atom. The monoisotopic (exact) mass is 260 g/mol. The molecule has 3 heteroatoms. The van der Waals surface area contributed by atoms with E-state index in [0.717, 1.165) is 32.1 Å². The predicted octanol–water partition coefficient (Wildman–Crippen LogP) is 3.01. The molecule has 0 aromatic carbocycles. The first-order valence-corrected chi connectivity index (χ1v) is 7.67. The molecule has 0 aromatic rings. The molecule has 0 spiro atoms. The summed E-state index contributed by atoms with van der Waals surface area (Å²) in [4.78, 5) is 0. The van der Waals surface area contributed by atoms with Crippen LogP contribution in [0.25, 0.3) is 0 Å². The normalized spacial score (nSPS) is 14.7. The van der Waals surface area contributed by atoms with E-state index >= 15 is 0 Å². The molecule has 2 atom stereocenters. The van der Waals surface area contributed by atoms with E-state index in [1.807, 2.05) is 0 Å². The first-order chi connectivity index (χ1) is 8.70. The fourth-order valence-electron chi connectivity index (χ4n) is 2.19. The van der Waals surface area contributed by atoms with E-state index in [2.05, 4.69) is 6.92 Å². The van der Waals surface area contributed by atoms with Crippen molar-refractivity contribution in [2.24, 2.45) is 0 Å². The van der Waals surface area contributed by atoms with Gasteiger partial charge in [0.2, 0.25) is 0 Å². The van der Waals surface area contributed by atoms with Crippen molar-refractivity contribution in [3.63, 3.8) is 0 Å². The van der Waals surface area contributed by atoms with Crippen LogP contribution in [0.4, 0.5) is 0 Å². The third-order valence-corrected chi connectivity index (χ3v) is 3.41. The molecule has 0 bridgehead atoms. The lowest BCUT2D eigenvalue weighted by Crippen LogP contribution is -2.11.